The Morgan fingerprint density at radius 2 is 1.77 bits per heavy atom. The minimum absolute atomic E-state index is 0.142. The molecule has 2 aromatic carbocycles. The molecule has 0 saturated heterocycles. The Bertz CT molecular complexity index is 770. The van der Waals surface area contributed by atoms with Gasteiger partial charge in [-0.25, -0.2) is 0 Å². The van der Waals surface area contributed by atoms with Crippen LogP contribution in [0.1, 0.15) is 43.4 Å². The lowest BCUT2D eigenvalue weighted by molar-refractivity contribution is -0.157. The van der Waals surface area contributed by atoms with Gasteiger partial charge in [-0.2, -0.15) is 0 Å². The van der Waals surface area contributed by atoms with Crippen molar-refractivity contribution in [1.82, 2.24) is 5.32 Å². The van der Waals surface area contributed by atoms with Gasteiger partial charge in [0.25, 0.3) is 5.91 Å². The summed E-state index contributed by atoms with van der Waals surface area (Å²) in [4.78, 5) is 24.8. The van der Waals surface area contributed by atoms with Crippen LogP contribution in [0.15, 0.2) is 54.6 Å². The van der Waals surface area contributed by atoms with Crippen molar-refractivity contribution in [2.24, 2.45) is 0 Å². The number of carbonyl (C=O) groups is 2. The fraction of sp³-hybridized carbons (Fsp3) is 0.333. The largest absolute Gasteiger partial charge is 0.455 e. The topological polar surface area (TPSA) is 55.4 Å². The molecule has 0 aromatic heterocycles. The summed E-state index contributed by atoms with van der Waals surface area (Å²) >= 11 is 5.94. The summed E-state index contributed by atoms with van der Waals surface area (Å²) in [5, 5.41) is 3.48. The Hall–Kier alpha value is -2.33. The lowest BCUT2D eigenvalue weighted by atomic mass is 9.64. The first-order valence-corrected chi connectivity index (χ1v) is 9.17. The first-order chi connectivity index (χ1) is 12.5. The number of ether oxygens (including phenoxy) is 1. The van der Waals surface area contributed by atoms with Crippen LogP contribution < -0.4 is 5.32 Å². The second-order valence-corrected chi connectivity index (χ2v) is 7.16. The quantitative estimate of drug-likeness (QED) is 0.775. The summed E-state index contributed by atoms with van der Waals surface area (Å²) < 4.78 is 5.35. The van der Waals surface area contributed by atoms with E-state index in [4.69, 9.17) is 16.3 Å². The zero-order valence-corrected chi connectivity index (χ0v) is 15.5. The summed E-state index contributed by atoms with van der Waals surface area (Å²) in [5.74, 6) is -0.645. The van der Waals surface area contributed by atoms with Crippen LogP contribution in [0.25, 0.3) is 0 Å². The monoisotopic (exact) mass is 371 g/mol. The second kappa shape index (κ2) is 7.92. The van der Waals surface area contributed by atoms with E-state index in [-0.39, 0.29) is 24.5 Å². The molecular formula is C21H22ClNO3. The van der Waals surface area contributed by atoms with Gasteiger partial charge in [0.1, 0.15) is 0 Å². The van der Waals surface area contributed by atoms with Gasteiger partial charge in [-0.15, -0.1) is 0 Å². The number of rotatable bonds is 6. The maximum absolute atomic E-state index is 12.7. The fourth-order valence-electron chi connectivity index (χ4n) is 3.29. The Morgan fingerprint density at radius 1 is 1.12 bits per heavy atom. The van der Waals surface area contributed by atoms with Gasteiger partial charge in [0, 0.05) is 5.02 Å². The van der Waals surface area contributed by atoms with Crippen LogP contribution in [0.5, 0.6) is 0 Å². The van der Waals surface area contributed by atoms with Crippen molar-refractivity contribution >= 4 is 23.5 Å². The molecule has 1 atom stereocenters. The molecule has 1 aliphatic rings. The highest BCUT2D eigenvalue weighted by molar-refractivity contribution is 6.30. The second-order valence-electron chi connectivity index (χ2n) is 6.72. The number of esters is 1. The molecule has 1 saturated carbocycles. The third kappa shape index (κ3) is 3.91. The van der Waals surface area contributed by atoms with Crippen molar-refractivity contribution in [1.29, 1.82) is 0 Å². The highest BCUT2D eigenvalue weighted by Gasteiger charge is 2.47. The predicted octanol–water partition coefficient (Wildman–Crippen LogP) is 4.18. The molecule has 0 aliphatic heterocycles. The number of carbonyl (C=O) groups excluding carboxylic acids is 2. The summed E-state index contributed by atoms with van der Waals surface area (Å²) in [5.41, 5.74) is 1.26. The number of hydrogen-bond donors (Lipinski definition) is 1. The molecule has 1 N–H and O–H groups in total. The van der Waals surface area contributed by atoms with E-state index in [0.717, 1.165) is 30.4 Å². The molecule has 1 fully saturated rings. The van der Waals surface area contributed by atoms with Crippen LogP contribution in [0, 0.1) is 0 Å². The lowest BCUT2D eigenvalue weighted by Crippen LogP contribution is -2.45. The van der Waals surface area contributed by atoms with Crippen molar-refractivity contribution in [3.63, 3.8) is 0 Å². The van der Waals surface area contributed by atoms with Crippen LogP contribution in [-0.4, -0.2) is 18.5 Å². The predicted molar refractivity (Wildman–Crippen MR) is 101 cm³/mol. The van der Waals surface area contributed by atoms with Crippen LogP contribution in [0.2, 0.25) is 5.02 Å². The van der Waals surface area contributed by atoms with Gasteiger partial charge in [-0.1, -0.05) is 60.5 Å². The maximum atomic E-state index is 12.7. The summed E-state index contributed by atoms with van der Waals surface area (Å²) in [6.07, 6.45) is 2.43. The van der Waals surface area contributed by atoms with Gasteiger partial charge in [-0.05, 0) is 43.0 Å². The van der Waals surface area contributed by atoms with Gasteiger partial charge >= 0.3 is 5.97 Å². The van der Waals surface area contributed by atoms with Gasteiger partial charge in [0.15, 0.2) is 6.61 Å². The highest BCUT2D eigenvalue weighted by Crippen LogP contribution is 2.45. The zero-order valence-electron chi connectivity index (χ0n) is 14.7. The number of benzene rings is 2. The molecule has 1 amide bonds. The van der Waals surface area contributed by atoms with E-state index in [9.17, 15) is 9.59 Å². The normalized spacial score (nSPS) is 16.2. The smallest absolute Gasteiger partial charge is 0.317 e. The van der Waals surface area contributed by atoms with E-state index < -0.39 is 5.41 Å². The van der Waals surface area contributed by atoms with Crippen LogP contribution >= 0.6 is 11.6 Å². The van der Waals surface area contributed by atoms with Gasteiger partial charge in [0.2, 0.25) is 0 Å². The number of nitrogens with one attached hydrogen (secondary N) is 1. The minimum atomic E-state index is -0.643. The summed E-state index contributed by atoms with van der Waals surface area (Å²) in [6, 6.07) is 16.8. The molecule has 3 rings (SSSR count). The number of amides is 1. The molecule has 0 spiro atoms. The van der Waals surface area contributed by atoms with Gasteiger partial charge in [0.05, 0.1) is 11.5 Å². The van der Waals surface area contributed by atoms with E-state index in [1.165, 1.54) is 0 Å². The fourth-order valence-corrected chi connectivity index (χ4v) is 3.41. The Kier molecular flexibility index (Phi) is 5.62. The Labute approximate surface area is 158 Å². The average molecular weight is 372 g/mol. The van der Waals surface area contributed by atoms with Gasteiger partial charge < -0.3 is 10.1 Å². The number of hydrogen-bond acceptors (Lipinski definition) is 3. The first kappa shape index (κ1) is 18.5. The molecule has 0 heterocycles. The lowest BCUT2D eigenvalue weighted by Gasteiger charge is -2.39. The minimum Gasteiger partial charge on any atom is -0.455 e. The molecule has 5 heteroatoms. The Balaban J connectivity index is 1.57. The van der Waals surface area contributed by atoms with Crippen LogP contribution in [0.4, 0.5) is 0 Å². The van der Waals surface area contributed by atoms with Gasteiger partial charge in [-0.3, -0.25) is 9.59 Å². The molecule has 136 valence electrons. The first-order valence-electron chi connectivity index (χ1n) is 8.79. The maximum Gasteiger partial charge on any atom is 0.317 e. The molecule has 1 aliphatic carbocycles. The Morgan fingerprint density at radius 3 is 2.35 bits per heavy atom. The third-order valence-electron chi connectivity index (χ3n) is 5.01. The van der Waals surface area contributed by atoms with Crippen molar-refractivity contribution < 1.29 is 14.3 Å². The van der Waals surface area contributed by atoms with Crippen molar-refractivity contribution in [2.45, 2.75) is 37.6 Å². The molecule has 26 heavy (non-hydrogen) atoms. The third-order valence-corrected chi connectivity index (χ3v) is 5.26. The van der Waals surface area contributed by atoms with Crippen molar-refractivity contribution in [3.05, 3.63) is 70.7 Å². The molecular weight excluding hydrogens is 350 g/mol. The highest BCUT2D eigenvalue weighted by atomic mass is 35.5. The average Bonchev–Trinajstić information content (AvgIpc) is 2.61. The van der Waals surface area contributed by atoms with Crippen LogP contribution in [-0.2, 0) is 19.7 Å². The SMILES string of the molecule is C[C@@H](NC(=O)COC(=O)C1(c2ccc(Cl)cc2)CCC1)c1ccccc1. The molecule has 0 radical (unpaired) electrons. The van der Waals surface area contributed by atoms with Crippen LogP contribution in [0.3, 0.4) is 0 Å². The number of halogens is 1. The molecule has 2 aromatic rings. The zero-order chi connectivity index (χ0) is 18.6. The van der Waals surface area contributed by atoms with Crippen molar-refractivity contribution in [2.75, 3.05) is 6.61 Å². The van der Waals surface area contributed by atoms with E-state index in [1.54, 1.807) is 12.1 Å². The standard InChI is InChI=1S/C21H22ClNO3/c1-15(16-6-3-2-4-7-16)23-19(24)14-26-20(25)21(12-5-13-21)17-8-10-18(22)11-9-17/h2-4,6-11,15H,5,12-14H2,1H3,(H,23,24)/t15-/m1/s1. The molecule has 4 nitrogen and oxygen atoms in total. The summed E-state index contributed by atoms with van der Waals surface area (Å²) in [6.45, 7) is 1.63. The molecule has 0 unspecified atom stereocenters. The van der Waals surface area contributed by atoms with Crippen molar-refractivity contribution in [3.8, 4) is 0 Å². The van der Waals surface area contributed by atoms with E-state index >= 15 is 0 Å². The van der Waals surface area contributed by atoms with E-state index in [1.807, 2.05) is 49.4 Å². The molecule has 0 bridgehead atoms. The van der Waals surface area contributed by atoms with E-state index in [2.05, 4.69) is 5.32 Å². The van der Waals surface area contributed by atoms with E-state index in [0.29, 0.717) is 5.02 Å². The summed E-state index contributed by atoms with van der Waals surface area (Å²) in [7, 11) is 0.